The van der Waals surface area contributed by atoms with Crippen LogP contribution in [0.3, 0.4) is 0 Å². The van der Waals surface area contributed by atoms with Crippen molar-refractivity contribution in [3.8, 4) is 0 Å². The van der Waals surface area contributed by atoms with E-state index in [4.69, 9.17) is 18.0 Å². The van der Waals surface area contributed by atoms with E-state index in [1.165, 1.54) is 17.1 Å². The average Bonchev–Trinajstić information content (AvgIpc) is 2.73. The molecule has 1 aromatic carbocycles. The second kappa shape index (κ2) is 5.17. The molecule has 1 aromatic heterocycles. The summed E-state index contributed by atoms with van der Waals surface area (Å²) in [7, 11) is -2.15. The molecule has 0 saturated heterocycles. The maximum absolute atomic E-state index is 12.3. The highest BCUT2D eigenvalue weighted by Crippen LogP contribution is 2.19. The third-order valence-corrected chi connectivity index (χ3v) is 4.41. The highest BCUT2D eigenvalue weighted by atomic mass is 32.2. The number of sulfonamides is 1. The Hall–Kier alpha value is -2.00. The Balaban J connectivity index is 2.40. The minimum Gasteiger partial charge on any atom is -0.389 e. The van der Waals surface area contributed by atoms with Gasteiger partial charge in [0.15, 0.2) is 0 Å². The van der Waals surface area contributed by atoms with Crippen LogP contribution in [0.25, 0.3) is 0 Å². The van der Waals surface area contributed by atoms with Gasteiger partial charge in [-0.1, -0.05) is 18.3 Å². The summed E-state index contributed by atoms with van der Waals surface area (Å²) >= 11 is 4.86. The van der Waals surface area contributed by atoms with Crippen molar-refractivity contribution in [1.82, 2.24) is 14.8 Å². The van der Waals surface area contributed by atoms with Crippen LogP contribution in [0.1, 0.15) is 11.1 Å². The zero-order chi connectivity index (χ0) is 14.9. The number of aryl methyl sites for hydroxylation is 2. The van der Waals surface area contributed by atoms with E-state index in [2.05, 4.69) is 14.8 Å². The van der Waals surface area contributed by atoms with Gasteiger partial charge in [-0.2, -0.15) is 10.1 Å². The summed E-state index contributed by atoms with van der Waals surface area (Å²) in [6.07, 6.45) is 1.26. The first-order valence-electron chi connectivity index (χ1n) is 5.58. The number of nitrogens with zero attached hydrogens (tertiary/aromatic N) is 3. The second-order valence-electron chi connectivity index (χ2n) is 4.16. The molecular weight excluding hydrogens is 298 g/mol. The van der Waals surface area contributed by atoms with Crippen LogP contribution in [0.5, 0.6) is 0 Å². The number of thiocarbonyl (C=S) groups is 1. The quantitative estimate of drug-likeness (QED) is 0.800. The highest BCUT2D eigenvalue weighted by Gasteiger charge is 2.19. The molecule has 7 nitrogen and oxygen atoms in total. The van der Waals surface area contributed by atoms with E-state index in [-0.39, 0.29) is 15.8 Å². The molecule has 0 atom stereocenters. The Kier molecular flexibility index (Phi) is 3.73. The van der Waals surface area contributed by atoms with Crippen molar-refractivity contribution in [2.75, 3.05) is 4.72 Å². The van der Waals surface area contributed by atoms with Gasteiger partial charge in [0.2, 0.25) is 5.95 Å². The molecule has 9 heteroatoms. The van der Waals surface area contributed by atoms with Gasteiger partial charge in [0, 0.05) is 12.6 Å². The highest BCUT2D eigenvalue weighted by molar-refractivity contribution is 7.92. The number of aromatic nitrogens is 3. The number of hydrogen-bond donors (Lipinski definition) is 2. The fraction of sp³-hybridized carbons (Fsp3) is 0.182. The van der Waals surface area contributed by atoms with Crippen molar-refractivity contribution >= 4 is 33.2 Å². The fourth-order valence-corrected chi connectivity index (χ4v) is 3.06. The normalized spacial score (nSPS) is 11.3. The lowest BCUT2D eigenvalue weighted by molar-refractivity contribution is 0.599. The number of anilines is 1. The molecule has 0 unspecified atom stereocenters. The molecule has 3 N–H and O–H groups in total. The molecule has 0 saturated carbocycles. The number of nitrogens with two attached hydrogens (primary N) is 1. The van der Waals surface area contributed by atoms with E-state index in [1.807, 2.05) is 0 Å². The van der Waals surface area contributed by atoms with Crippen LogP contribution in [0.4, 0.5) is 5.95 Å². The smallest absolute Gasteiger partial charge is 0.264 e. The predicted molar refractivity (Wildman–Crippen MR) is 78.9 cm³/mol. The third-order valence-electron chi connectivity index (χ3n) is 2.69. The van der Waals surface area contributed by atoms with Gasteiger partial charge < -0.3 is 5.73 Å². The third kappa shape index (κ3) is 2.78. The van der Waals surface area contributed by atoms with Gasteiger partial charge >= 0.3 is 0 Å². The van der Waals surface area contributed by atoms with Crippen molar-refractivity contribution in [3.63, 3.8) is 0 Å². The minimum absolute atomic E-state index is 0.139. The summed E-state index contributed by atoms with van der Waals surface area (Å²) < 4.78 is 28.3. The summed E-state index contributed by atoms with van der Waals surface area (Å²) in [6.45, 7) is 1.67. The Morgan fingerprint density at radius 2 is 2.15 bits per heavy atom. The van der Waals surface area contributed by atoms with Crippen molar-refractivity contribution in [3.05, 3.63) is 35.7 Å². The topological polar surface area (TPSA) is 103 Å². The van der Waals surface area contributed by atoms with Crippen LogP contribution in [0.2, 0.25) is 0 Å². The van der Waals surface area contributed by atoms with Crippen LogP contribution in [-0.2, 0) is 17.1 Å². The summed E-state index contributed by atoms with van der Waals surface area (Å²) in [5.74, 6) is 0.142. The molecule has 0 spiro atoms. The van der Waals surface area contributed by atoms with Crippen LogP contribution in [0, 0.1) is 6.92 Å². The molecule has 0 amide bonds. The molecule has 2 rings (SSSR count). The van der Waals surface area contributed by atoms with Crippen molar-refractivity contribution in [2.45, 2.75) is 11.8 Å². The molecule has 0 bridgehead atoms. The summed E-state index contributed by atoms with van der Waals surface area (Å²) in [6, 6.07) is 4.66. The molecule has 0 aliphatic heterocycles. The fourth-order valence-electron chi connectivity index (χ4n) is 1.67. The monoisotopic (exact) mass is 311 g/mol. The largest absolute Gasteiger partial charge is 0.389 e. The number of benzene rings is 1. The van der Waals surface area contributed by atoms with Gasteiger partial charge in [-0.25, -0.2) is 17.8 Å². The maximum Gasteiger partial charge on any atom is 0.264 e. The van der Waals surface area contributed by atoms with Gasteiger partial charge in [-0.15, -0.1) is 0 Å². The molecule has 0 radical (unpaired) electrons. The zero-order valence-electron chi connectivity index (χ0n) is 10.9. The molecule has 0 aliphatic rings. The number of nitrogens with one attached hydrogen (secondary N) is 1. The summed E-state index contributed by atoms with van der Waals surface area (Å²) in [5, 5.41) is 3.80. The first-order chi connectivity index (χ1) is 9.31. The molecule has 0 aliphatic carbocycles. The lowest BCUT2D eigenvalue weighted by Crippen LogP contribution is -2.18. The Morgan fingerprint density at radius 1 is 1.45 bits per heavy atom. The van der Waals surface area contributed by atoms with E-state index in [0.717, 1.165) is 0 Å². The van der Waals surface area contributed by atoms with Gasteiger partial charge in [0.25, 0.3) is 10.0 Å². The van der Waals surface area contributed by atoms with E-state index in [0.29, 0.717) is 11.1 Å². The Bertz CT molecular complexity index is 767. The summed E-state index contributed by atoms with van der Waals surface area (Å²) in [4.78, 5) is 4.18. The Labute approximate surface area is 121 Å². The second-order valence-corrected chi connectivity index (χ2v) is 6.25. The van der Waals surface area contributed by atoms with Crippen molar-refractivity contribution in [2.24, 2.45) is 12.8 Å². The number of hydrogen-bond acceptors (Lipinski definition) is 5. The zero-order valence-corrected chi connectivity index (χ0v) is 12.5. The Morgan fingerprint density at radius 3 is 2.65 bits per heavy atom. The molecule has 106 valence electrons. The lowest BCUT2D eigenvalue weighted by Gasteiger charge is -2.10. The first-order valence-corrected chi connectivity index (χ1v) is 7.47. The average molecular weight is 311 g/mol. The molecule has 1 heterocycles. The van der Waals surface area contributed by atoms with Gasteiger partial charge in [-0.3, -0.25) is 0 Å². The molecule has 2 aromatic rings. The maximum atomic E-state index is 12.3. The first kappa shape index (κ1) is 14.4. The summed E-state index contributed by atoms with van der Waals surface area (Å²) in [5.41, 5.74) is 6.68. The van der Waals surface area contributed by atoms with Gasteiger partial charge in [-0.05, 0) is 24.6 Å². The van der Waals surface area contributed by atoms with Crippen molar-refractivity contribution in [1.29, 1.82) is 0 Å². The van der Waals surface area contributed by atoms with Crippen molar-refractivity contribution < 1.29 is 8.42 Å². The van der Waals surface area contributed by atoms with Gasteiger partial charge in [0.1, 0.15) is 11.3 Å². The predicted octanol–water partition coefficient (Wildman–Crippen LogP) is 0.559. The number of rotatable bonds is 4. The van der Waals surface area contributed by atoms with E-state index in [1.54, 1.807) is 26.1 Å². The van der Waals surface area contributed by atoms with Crippen LogP contribution in [-0.4, -0.2) is 28.2 Å². The van der Waals surface area contributed by atoms with E-state index < -0.39 is 10.0 Å². The van der Waals surface area contributed by atoms with Crippen LogP contribution in [0.15, 0.2) is 29.4 Å². The SMILES string of the molecule is Cc1cc(C(N)=S)ccc1S(=O)(=O)Nc1ncnn1C. The molecule has 20 heavy (non-hydrogen) atoms. The van der Waals surface area contributed by atoms with E-state index in [9.17, 15) is 8.42 Å². The van der Waals surface area contributed by atoms with E-state index >= 15 is 0 Å². The van der Waals surface area contributed by atoms with Gasteiger partial charge in [0.05, 0.1) is 4.90 Å². The minimum atomic E-state index is -3.74. The standard InChI is InChI=1S/C11H13N5O2S2/c1-7-5-8(10(12)19)3-4-9(7)20(17,18)15-11-13-6-14-16(11)2/h3-6H,1-2H3,(H2,12,19)(H,13,14,15). The lowest BCUT2D eigenvalue weighted by atomic mass is 10.1. The molecule has 0 fully saturated rings. The molecular formula is C11H13N5O2S2. The van der Waals surface area contributed by atoms with Crippen LogP contribution < -0.4 is 10.5 Å². The van der Waals surface area contributed by atoms with Crippen LogP contribution >= 0.6 is 12.2 Å².